The molecule has 0 amide bonds. The second-order valence-corrected chi connectivity index (χ2v) is 6.21. The van der Waals surface area contributed by atoms with E-state index in [-0.39, 0.29) is 0 Å². The number of aromatic nitrogens is 2. The molecule has 0 atom stereocenters. The largest absolute Gasteiger partial charge is 0.497 e. The van der Waals surface area contributed by atoms with Crippen molar-refractivity contribution in [3.05, 3.63) is 48.5 Å². The lowest BCUT2D eigenvalue weighted by atomic mass is 10.0. The number of methoxy groups -OCH3 is 1. The number of rotatable bonds is 4. The minimum absolute atomic E-state index is 0.458. The van der Waals surface area contributed by atoms with Gasteiger partial charge in [0.1, 0.15) is 5.75 Å². The van der Waals surface area contributed by atoms with Crippen LogP contribution in [0.25, 0.3) is 11.0 Å². The van der Waals surface area contributed by atoms with Crippen molar-refractivity contribution in [3.8, 4) is 5.75 Å². The highest BCUT2D eigenvalue weighted by atomic mass is 16.5. The van der Waals surface area contributed by atoms with Crippen molar-refractivity contribution in [3.63, 3.8) is 0 Å². The molecule has 0 unspecified atom stereocenters. The lowest BCUT2D eigenvalue weighted by Crippen LogP contribution is -2.39. The Morgan fingerprint density at radius 3 is 2.54 bits per heavy atom. The molecule has 2 N–H and O–H groups in total. The van der Waals surface area contributed by atoms with Crippen LogP contribution in [0.4, 0.5) is 11.6 Å². The third-order valence-electron chi connectivity index (χ3n) is 4.66. The smallest absolute Gasteiger partial charge is 0.201 e. The third-order valence-corrected chi connectivity index (χ3v) is 4.66. The van der Waals surface area contributed by atoms with E-state index in [1.807, 2.05) is 30.3 Å². The van der Waals surface area contributed by atoms with Crippen LogP contribution in [0, 0.1) is 0 Å². The monoisotopic (exact) mass is 322 g/mol. The van der Waals surface area contributed by atoms with Gasteiger partial charge in [0, 0.05) is 24.8 Å². The van der Waals surface area contributed by atoms with E-state index in [1.54, 1.807) is 7.11 Å². The normalized spacial score (nSPS) is 15.6. The average Bonchev–Trinajstić information content (AvgIpc) is 3.05. The summed E-state index contributed by atoms with van der Waals surface area (Å²) in [6, 6.07) is 16.9. The lowest BCUT2D eigenvalue weighted by Gasteiger charge is -2.34. The summed E-state index contributed by atoms with van der Waals surface area (Å²) in [5, 5.41) is 3.55. The maximum atomic E-state index is 5.23. The van der Waals surface area contributed by atoms with E-state index in [0.717, 1.165) is 48.7 Å². The van der Waals surface area contributed by atoms with Gasteiger partial charge in [-0.15, -0.1) is 0 Å². The van der Waals surface area contributed by atoms with Crippen molar-refractivity contribution < 1.29 is 4.74 Å². The predicted octanol–water partition coefficient (Wildman–Crippen LogP) is 3.65. The van der Waals surface area contributed by atoms with E-state index >= 15 is 0 Å². The highest BCUT2D eigenvalue weighted by molar-refractivity contribution is 5.77. The van der Waals surface area contributed by atoms with Crippen LogP contribution in [0.15, 0.2) is 48.5 Å². The van der Waals surface area contributed by atoms with E-state index in [0.29, 0.717) is 6.04 Å². The summed E-state index contributed by atoms with van der Waals surface area (Å²) in [5.74, 6) is 1.78. The third kappa shape index (κ3) is 3.02. The zero-order valence-corrected chi connectivity index (χ0v) is 13.8. The van der Waals surface area contributed by atoms with Crippen LogP contribution in [-0.2, 0) is 0 Å². The summed E-state index contributed by atoms with van der Waals surface area (Å²) in [5.41, 5.74) is 3.35. The number of H-pyrrole nitrogens is 1. The summed E-state index contributed by atoms with van der Waals surface area (Å²) >= 11 is 0. The molecule has 1 saturated heterocycles. The number of aromatic amines is 1. The first kappa shape index (κ1) is 14.9. The minimum atomic E-state index is 0.458. The van der Waals surface area contributed by atoms with Gasteiger partial charge in [0.2, 0.25) is 5.95 Å². The summed E-state index contributed by atoms with van der Waals surface area (Å²) in [6.07, 6.45) is 2.20. The van der Waals surface area contributed by atoms with Crippen molar-refractivity contribution in [2.75, 3.05) is 30.4 Å². The molecule has 2 aromatic carbocycles. The van der Waals surface area contributed by atoms with Crippen molar-refractivity contribution in [1.29, 1.82) is 0 Å². The number of nitrogens with zero attached hydrogens (tertiary/aromatic N) is 2. The lowest BCUT2D eigenvalue weighted by molar-refractivity contribution is 0.414. The second-order valence-electron chi connectivity index (χ2n) is 6.21. The van der Waals surface area contributed by atoms with Crippen molar-refractivity contribution >= 4 is 22.7 Å². The molecule has 0 spiro atoms. The molecule has 5 heteroatoms. The quantitative estimate of drug-likeness (QED) is 0.770. The number of ether oxygens (including phenoxy) is 1. The van der Waals surface area contributed by atoms with Gasteiger partial charge in [0.15, 0.2) is 0 Å². The number of benzene rings is 2. The fourth-order valence-corrected chi connectivity index (χ4v) is 3.29. The Morgan fingerprint density at radius 1 is 1.08 bits per heavy atom. The summed E-state index contributed by atoms with van der Waals surface area (Å²) < 4.78 is 5.23. The fraction of sp³-hybridized carbons (Fsp3) is 0.316. The molecule has 2 heterocycles. The zero-order chi connectivity index (χ0) is 16.4. The zero-order valence-electron chi connectivity index (χ0n) is 13.8. The molecule has 1 aliphatic heterocycles. The molecule has 1 aromatic heterocycles. The van der Waals surface area contributed by atoms with Crippen LogP contribution in [0.5, 0.6) is 5.75 Å². The Hall–Kier alpha value is -2.69. The molecule has 5 nitrogen and oxygen atoms in total. The van der Waals surface area contributed by atoms with Gasteiger partial charge in [-0.3, -0.25) is 0 Å². The van der Waals surface area contributed by atoms with Crippen LogP contribution in [0.2, 0.25) is 0 Å². The first-order chi connectivity index (χ1) is 11.8. The van der Waals surface area contributed by atoms with E-state index in [2.05, 4.69) is 38.4 Å². The molecule has 1 fully saturated rings. The number of hydrogen-bond donors (Lipinski definition) is 2. The number of fused-ring (bicyclic) bond motifs is 1. The Labute approximate surface area is 141 Å². The average molecular weight is 322 g/mol. The number of imidazole rings is 1. The van der Waals surface area contributed by atoms with Crippen LogP contribution >= 0.6 is 0 Å². The molecule has 0 aliphatic carbocycles. The predicted molar refractivity (Wildman–Crippen MR) is 97.9 cm³/mol. The number of hydrogen-bond acceptors (Lipinski definition) is 4. The number of anilines is 2. The SMILES string of the molecule is COc1ccc(N2CCC(Nc3nc4ccccc4[nH]3)CC2)cc1. The van der Waals surface area contributed by atoms with Gasteiger partial charge in [-0.2, -0.15) is 0 Å². The van der Waals surface area contributed by atoms with Crippen molar-refractivity contribution in [2.45, 2.75) is 18.9 Å². The van der Waals surface area contributed by atoms with E-state index in [1.165, 1.54) is 5.69 Å². The summed E-state index contributed by atoms with van der Waals surface area (Å²) in [4.78, 5) is 10.4. The maximum Gasteiger partial charge on any atom is 0.201 e. The van der Waals surface area contributed by atoms with E-state index in [9.17, 15) is 0 Å². The van der Waals surface area contributed by atoms with Crippen LogP contribution < -0.4 is 15.0 Å². The Kier molecular flexibility index (Phi) is 3.99. The highest BCUT2D eigenvalue weighted by Gasteiger charge is 2.20. The molecule has 124 valence electrons. The molecule has 0 bridgehead atoms. The van der Waals surface area contributed by atoms with Crippen molar-refractivity contribution in [2.24, 2.45) is 0 Å². The van der Waals surface area contributed by atoms with Gasteiger partial charge in [-0.05, 0) is 49.2 Å². The van der Waals surface area contributed by atoms with Crippen molar-refractivity contribution in [1.82, 2.24) is 9.97 Å². The van der Waals surface area contributed by atoms with Crippen LogP contribution in [0.1, 0.15) is 12.8 Å². The topological polar surface area (TPSA) is 53.2 Å². The molecule has 4 rings (SSSR count). The molecule has 3 aromatic rings. The van der Waals surface area contributed by atoms with Crippen LogP contribution in [-0.4, -0.2) is 36.2 Å². The van der Waals surface area contributed by atoms with Crippen LogP contribution in [0.3, 0.4) is 0 Å². The van der Waals surface area contributed by atoms with Gasteiger partial charge >= 0.3 is 0 Å². The van der Waals surface area contributed by atoms with Gasteiger partial charge in [0.05, 0.1) is 18.1 Å². The first-order valence-electron chi connectivity index (χ1n) is 8.42. The van der Waals surface area contributed by atoms with E-state index < -0.39 is 0 Å². The number of para-hydroxylation sites is 2. The Bertz CT molecular complexity index is 771. The number of nitrogens with one attached hydrogen (secondary N) is 2. The first-order valence-corrected chi connectivity index (χ1v) is 8.42. The minimum Gasteiger partial charge on any atom is -0.497 e. The molecule has 1 aliphatic rings. The standard InChI is InChI=1S/C19H22N4O/c1-24-16-8-6-15(7-9-16)23-12-10-14(11-13-23)20-19-21-17-4-2-3-5-18(17)22-19/h2-9,14H,10-13H2,1H3,(H2,20,21,22). The summed E-state index contributed by atoms with van der Waals surface area (Å²) in [7, 11) is 1.70. The van der Waals surface area contributed by atoms with Gasteiger partial charge in [-0.25, -0.2) is 4.98 Å². The molecular weight excluding hydrogens is 300 g/mol. The molecular formula is C19H22N4O. The molecule has 24 heavy (non-hydrogen) atoms. The maximum absolute atomic E-state index is 5.23. The Morgan fingerprint density at radius 2 is 1.83 bits per heavy atom. The fourth-order valence-electron chi connectivity index (χ4n) is 3.29. The van der Waals surface area contributed by atoms with Gasteiger partial charge in [-0.1, -0.05) is 12.1 Å². The molecule has 0 radical (unpaired) electrons. The summed E-state index contributed by atoms with van der Waals surface area (Å²) in [6.45, 7) is 2.09. The van der Waals surface area contributed by atoms with E-state index in [4.69, 9.17) is 4.74 Å². The molecule has 0 saturated carbocycles. The van der Waals surface area contributed by atoms with Gasteiger partial charge < -0.3 is 19.9 Å². The highest BCUT2D eigenvalue weighted by Crippen LogP contribution is 2.24. The number of piperidine rings is 1. The Balaban J connectivity index is 1.36. The second kappa shape index (κ2) is 6.43. The van der Waals surface area contributed by atoms with Gasteiger partial charge in [0.25, 0.3) is 0 Å².